The zero-order valence-electron chi connectivity index (χ0n) is 11.4. The van der Waals surface area contributed by atoms with Crippen LogP contribution in [0.2, 0.25) is 0 Å². The number of benzene rings is 1. The standard InChI is InChI=1S/C14H16F4O3/c1-20-13(4-6-21-7-5-13)12(19)9-2-3-11(15)10(8-9)14(16,17)18/h2-3,8,12,19H,4-7H2,1H3. The van der Waals surface area contributed by atoms with E-state index in [4.69, 9.17) is 9.47 Å². The summed E-state index contributed by atoms with van der Waals surface area (Å²) in [5, 5.41) is 10.4. The van der Waals surface area contributed by atoms with E-state index in [0.717, 1.165) is 6.07 Å². The maximum Gasteiger partial charge on any atom is 0.419 e. The molecule has 0 amide bonds. The Hall–Kier alpha value is -1.18. The molecule has 7 heteroatoms. The molecular weight excluding hydrogens is 292 g/mol. The van der Waals surface area contributed by atoms with Gasteiger partial charge in [-0.1, -0.05) is 6.07 Å². The fraction of sp³-hybridized carbons (Fsp3) is 0.571. The lowest BCUT2D eigenvalue weighted by Crippen LogP contribution is -2.43. The third kappa shape index (κ3) is 3.20. The summed E-state index contributed by atoms with van der Waals surface area (Å²) >= 11 is 0. The van der Waals surface area contributed by atoms with Crippen LogP contribution in [0.25, 0.3) is 0 Å². The number of methoxy groups -OCH3 is 1. The maximum atomic E-state index is 13.3. The first kappa shape index (κ1) is 16.2. The number of aliphatic hydroxyl groups excluding tert-OH is 1. The van der Waals surface area contributed by atoms with Crippen molar-refractivity contribution < 1.29 is 32.1 Å². The van der Waals surface area contributed by atoms with Crippen LogP contribution in [0.5, 0.6) is 0 Å². The fourth-order valence-electron chi connectivity index (χ4n) is 2.54. The molecule has 0 spiro atoms. The molecule has 1 heterocycles. The van der Waals surface area contributed by atoms with Crippen molar-refractivity contribution in [2.45, 2.75) is 30.7 Å². The van der Waals surface area contributed by atoms with Crippen LogP contribution in [0.4, 0.5) is 17.6 Å². The Morgan fingerprint density at radius 2 is 1.90 bits per heavy atom. The second-order valence-corrected chi connectivity index (χ2v) is 5.02. The van der Waals surface area contributed by atoms with Gasteiger partial charge in [-0.25, -0.2) is 4.39 Å². The van der Waals surface area contributed by atoms with E-state index >= 15 is 0 Å². The van der Waals surface area contributed by atoms with E-state index in [1.165, 1.54) is 7.11 Å². The summed E-state index contributed by atoms with van der Waals surface area (Å²) in [6, 6.07) is 2.49. The number of alkyl halides is 3. The van der Waals surface area contributed by atoms with Crippen LogP contribution in [0.3, 0.4) is 0 Å². The van der Waals surface area contributed by atoms with Gasteiger partial charge in [-0.15, -0.1) is 0 Å². The molecule has 0 saturated carbocycles. The molecule has 21 heavy (non-hydrogen) atoms. The first-order valence-corrected chi connectivity index (χ1v) is 6.48. The Bertz CT molecular complexity index is 495. The van der Waals surface area contributed by atoms with Crippen molar-refractivity contribution >= 4 is 0 Å². The first-order valence-electron chi connectivity index (χ1n) is 6.48. The highest BCUT2D eigenvalue weighted by Crippen LogP contribution is 2.39. The molecule has 118 valence electrons. The van der Waals surface area contributed by atoms with E-state index in [9.17, 15) is 22.7 Å². The molecule has 0 aliphatic carbocycles. The lowest BCUT2D eigenvalue weighted by Gasteiger charge is -2.40. The van der Waals surface area contributed by atoms with Crippen molar-refractivity contribution in [1.29, 1.82) is 0 Å². The van der Waals surface area contributed by atoms with Gasteiger partial charge in [0.15, 0.2) is 0 Å². The van der Waals surface area contributed by atoms with E-state index in [-0.39, 0.29) is 5.56 Å². The van der Waals surface area contributed by atoms with Crippen LogP contribution in [0, 0.1) is 5.82 Å². The second-order valence-electron chi connectivity index (χ2n) is 5.02. The predicted molar refractivity (Wildman–Crippen MR) is 66.2 cm³/mol. The number of aliphatic hydroxyl groups is 1. The fourth-order valence-corrected chi connectivity index (χ4v) is 2.54. The molecule has 0 bridgehead atoms. The zero-order valence-corrected chi connectivity index (χ0v) is 11.4. The second kappa shape index (κ2) is 5.90. The minimum absolute atomic E-state index is 0.0209. The molecule has 2 rings (SSSR count). The van der Waals surface area contributed by atoms with Gasteiger partial charge in [0, 0.05) is 33.2 Å². The van der Waals surface area contributed by atoms with E-state index in [1.54, 1.807) is 0 Å². The van der Waals surface area contributed by atoms with Crippen molar-refractivity contribution in [3.8, 4) is 0 Å². The largest absolute Gasteiger partial charge is 0.419 e. The quantitative estimate of drug-likeness (QED) is 0.872. The Balaban J connectivity index is 2.36. The third-order valence-corrected chi connectivity index (χ3v) is 3.86. The lowest BCUT2D eigenvalue weighted by atomic mass is 9.83. The summed E-state index contributed by atoms with van der Waals surface area (Å²) in [6.07, 6.45) is -5.39. The van der Waals surface area contributed by atoms with E-state index in [1.807, 2.05) is 0 Å². The number of ether oxygens (including phenoxy) is 2. The van der Waals surface area contributed by atoms with Crippen LogP contribution >= 0.6 is 0 Å². The number of halogens is 4. The van der Waals surface area contributed by atoms with Crippen LogP contribution in [0.15, 0.2) is 18.2 Å². The maximum absolute atomic E-state index is 13.3. The molecule has 1 N–H and O–H groups in total. The minimum atomic E-state index is -4.81. The average molecular weight is 308 g/mol. The highest BCUT2D eigenvalue weighted by Gasteiger charge is 2.42. The smallest absolute Gasteiger partial charge is 0.385 e. The molecule has 1 atom stereocenters. The molecule has 1 saturated heterocycles. The highest BCUT2D eigenvalue weighted by atomic mass is 19.4. The highest BCUT2D eigenvalue weighted by molar-refractivity contribution is 5.30. The number of rotatable bonds is 3. The van der Waals surface area contributed by atoms with Gasteiger partial charge in [-0.05, 0) is 17.7 Å². The predicted octanol–water partition coefficient (Wildman–Crippen LogP) is 3.07. The van der Waals surface area contributed by atoms with Gasteiger partial charge in [0.2, 0.25) is 0 Å². The van der Waals surface area contributed by atoms with E-state index in [2.05, 4.69) is 0 Å². The Morgan fingerprint density at radius 1 is 1.29 bits per heavy atom. The van der Waals surface area contributed by atoms with Crippen LogP contribution in [0.1, 0.15) is 30.1 Å². The molecule has 0 radical (unpaired) electrons. The molecule has 1 unspecified atom stereocenters. The Morgan fingerprint density at radius 3 is 2.43 bits per heavy atom. The zero-order chi connectivity index (χ0) is 15.7. The molecule has 1 aliphatic rings. The SMILES string of the molecule is COC1(C(O)c2ccc(F)c(C(F)(F)F)c2)CCOCC1. The number of hydrogen-bond donors (Lipinski definition) is 1. The Labute approximate surface area is 119 Å². The molecular formula is C14H16F4O3. The van der Waals surface area contributed by atoms with Gasteiger partial charge in [0.05, 0.1) is 5.56 Å². The lowest BCUT2D eigenvalue weighted by molar-refractivity contribution is -0.155. The minimum Gasteiger partial charge on any atom is -0.385 e. The summed E-state index contributed by atoms with van der Waals surface area (Å²) in [7, 11) is 1.39. The van der Waals surface area contributed by atoms with Gasteiger partial charge in [-0.2, -0.15) is 13.2 Å². The first-order chi connectivity index (χ1) is 9.80. The topological polar surface area (TPSA) is 38.7 Å². The third-order valence-electron chi connectivity index (χ3n) is 3.86. The van der Waals surface area contributed by atoms with Gasteiger partial charge in [-0.3, -0.25) is 0 Å². The van der Waals surface area contributed by atoms with Crippen molar-refractivity contribution in [1.82, 2.24) is 0 Å². The van der Waals surface area contributed by atoms with Crippen LogP contribution < -0.4 is 0 Å². The summed E-state index contributed by atoms with van der Waals surface area (Å²) in [4.78, 5) is 0. The average Bonchev–Trinajstić information content (AvgIpc) is 2.46. The molecule has 1 aromatic rings. The van der Waals surface area contributed by atoms with Crippen LogP contribution in [-0.4, -0.2) is 31.0 Å². The van der Waals surface area contributed by atoms with Crippen molar-refractivity contribution in [2.75, 3.05) is 20.3 Å². The molecule has 3 nitrogen and oxygen atoms in total. The van der Waals surface area contributed by atoms with Gasteiger partial charge in [0.1, 0.15) is 17.5 Å². The van der Waals surface area contributed by atoms with Gasteiger partial charge in [0.25, 0.3) is 0 Å². The normalized spacial score (nSPS) is 20.3. The van der Waals surface area contributed by atoms with Crippen molar-refractivity contribution in [3.63, 3.8) is 0 Å². The molecule has 1 aromatic carbocycles. The summed E-state index contributed by atoms with van der Waals surface area (Å²) in [6.45, 7) is 0.691. The van der Waals surface area contributed by atoms with Gasteiger partial charge < -0.3 is 14.6 Å². The van der Waals surface area contributed by atoms with E-state index < -0.39 is 29.3 Å². The Kier molecular flexibility index (Phi) is 4.55. The summed E-state index contributed by atoms with van der Waals surface area (Å²) in [5.74, 6) is -1.36. The summed E-state index contributed by atoms with van der Waals surface area (Å²) in [5.41, 5.74) is -2.43. The monoisotopic (exact) mass is 308 g/mol. The van der Waals surface area contributed by atoms with E-state index in [0.29, 0.717) is 38.2 Å². The van der Waals surface area contributed by atoms with Gasteiger partial charge >= 0.3 is 6.18 Å². The molecule has 0 aromatic heterocycles. The molecule has 1 aliphatic heterocycles. The van der Waals surface area contributed by atoms with Crippen molar-refractivity contribution in [2.24, 2.45) is 0 Å². The van der Waals surface area contributed by atoms with Crippen LogP contribution in [-0.2, 0) is 15.7 Å². The summed E-state index contributed by atoms with van der Waals surface area (Å²) < 4.78 is 62.0. The van der Waals surface area contributed by atoms with Crippen molar-refractivity contribution in [3.05, 3.63) is 35.1 Å². The molecule has 1 fully saturated rings. The number of hydrogen-bond acceptors (Lipinski definition) is 3.